The minimum Gasteiger partial charge on any atom is -0.474 e. The highest BCUT2D eigenvalue weighted by atomic mass is 19.1. The predicted molar refractivity (Wildman–Crippen MR) is 107 cm³/mol. The van der Waals surface area contributed by atoms with Crippen molar-refractivity contribution in [2.24, 2.45) is 0 Å². The molecule has 152 valence electrons. The van der Waals surface area contributed by atoms with Crippen LogP contribution in [-0.4, -0.2) is 26.2 Å². The van der Waals surface area contributed by atoms with Crippen LogP contribution >= 0.6 is 0 Å². The zero-order valence-corrected chi connectivity index (χ0v) is 16.1. The van der Waals surface area contributed by atoms with Gasteiger partial charge in [0.1, 0.15) is 17.5 Å². The molecule has 2 aromatic heterocycles. The lowest BCUT2D eigenvalue weighted by atomic mass is 10.1. The van der Waals surface area contributed by atoms with Gasteiger partial charge in [0, 0.05) is 18.2 Å². The molecule has 0 spiro atoms. The molecule has 0 aliphatic carbocycles. The normalized spacial score (nSPS) is 11.9. The second-order valence-electron chi connectivity index (χ2n) is 6.65. The quantitative estimate of drug-likeness (QED) is 0.375. The van der Waals surface area contributed by atoms with Gasteiger partial charge >= 0.3 is 5.69 Å². The highest BCUT2D eigenvalue weighted by Crippen LogP contribution is 2.29. The molecule has 0 saturated carbocycles. The number of pyridine rings is 1. The number of nitrogens with one attached hydrogen (secondary N) is 3. The summed E-state index contributed by atoms with van der Waals surface area (Å²) in [4.78, 5) is 15.2. The molecular formula is C19H21FN6O3. The Hall–Kier alpha value is -3.69. The molecule has 3 aromatic rings. The standard InChI is InChI=1S/C19H21FN6O3/c1-11(2)29-18-10-17(24-25-18)23-19-15(26(27)28)8-9-16(22-19)21-12(3)13-4-6-14(20)7-5-13/h4-12H,1-3H3,(H3,21,22,23,24,25)/t12-/m0/s1. The molecule has 0 unspecified atom stereocenters. The van der Waals surface area contributed by atoms with Crippen LogP contribution < -0.4 is 15.4 Å². The molecule has 9 nitrogen and oxygen atoms in total. The summed E-state index contributed by atoms with van der Waals surface area (Å²) >= 11 is 0. The summed E-state index contributed by atoms with van der Waals surface area (Å²) in [6.07, 6.45) is -0.0564. The van der Waals surface area contributed by atoms with Crippen LogP contribution in [0.3, 0.4) is 0 Å². The molecule has 0 amide bonds. The second-order valence-corrected chi connectivity index (χ2v) is 6.65. The Balaban J connectivity index is 1.81. The van der Waals surface area contributed by atoms with Crippen molar-refractivity contribution in [3.05, 3.63) is 64.0 Å². The zero-order chi connectivity index (χ0) is 21.0. The van der Waals surface area contributed by atoms with Crippen LogP contribution in [0.1, 0.15) is 32.4 Å². The van der Waals surface area contributed by atoms with Gasteiger partial charge in [-0.05, 0) is 44.5 Å². The van der Waals surface area contributed by atoms with Gasteiger partial charge in [-0.2, -0.15) is 0 Å². The first-order valence-electron chi connectivity index (χ1n) is 8.98. The van der Waals surface area contributed by atoms with Gasteiger partial charge in [0.05, 0.1) is 11.0 Å². The van der Waals surface area contributed by atoms with Crippen molar-refractivity contribution >= 4 is 23.1 Å². The highest BCUT2D eigenvalue weighted by molar-refractivity contribution is 5.66. The Labute approximate surface area is 166 Å². The Morgan fingerprint density at radius 2 is 1.90 bits per heavy atom. The third-order valence-corrected chi connectivity index (χ3v) is 3.97. The van der Waals surface area contributed by atoms with E-state index in [-0.39, 0.29) is 29.5 Å². The summed E-state index contributed by atoms with van der Waals surface area (Å²) in [5.41, 5.74) is 0.663. The van der Waals surface area contributed by atoms with Gasteiger partial charge in [-0.25, -0.2) is 9.37 Å². The summed E-state index contributed by atoms with van der Waals surface area (Å²) in [6, 6.07) is 10.4. The number of halogens is 1. The van der Waals surface area contributed by atoms with Gasteiger partial charge in [0.2, 0.25) is 11.7 Å². The summed E-state index contributed by atoms with van der Waals surface area (Å²) < 4.78 is 18.6. The number of aromatic nitrogens is 3. The van der Waals surface area contributed by atoms with Crippen LogP contribution in [0.25, 0.3) is 0 Å². The van der Waals surface area contributed by atoms with E-state index in [1.54, 1.807) is 18.2 Å². The van der Waals surface area contributed by atoms with Crippen LogP contribution in [0.2, 0.25) is 0 Å². The van der Waals surface area contributed by atoms with Gasteiger partial charge < -0.3 is 15.4 Å². The largest absolute Gasteiger partial charge is 0.474 e. The summed E-state index contributed by atoms with van der Waals surface area (Å²) in [7, 11) is 0. The molecular weight excluding hydrogens is 379 g/mol. The van der Waals surface area contributed by atoms with Crippen molar-refractivity contribution in [1.29, 1.82) is 0 Å². The number of hydrogen-bond donors (Lipinski definition) is 3. The molecule has 3 rings (SSSR count). The lowest BCUT2D eigenvalue weighted by molar-refractivity contribution is -0.384. The average Bonchev–Trinajstić information content (AvgIpc) is 3.08. The maximum absolute atomic E-state index is 13.1. The monoisotopic (exact) mass is 400 g/mol. The van der Waals surface area contributed by atoms with Gasteiger partial charge in [-0.15, -0.1) is 5.10 Å². The molecule has 10 heteroatoms. The first-order valence-corrected chi connectivity index (χ1v) is 8.98. The van der Waals surface area contributed by atoms with Crippen molar-refractivity contribution in [3.63, 3.8) is 0 Å². The maximum atomic E-state index is 13.1. The fraction of sp³-hybridized carbons (Fsp3) is 0.263. The van der Waals surface area contributed by atoms with E-state index in [4.69, 9.17) is 4.74 Å². The van der Waals surface area contributed by atoms with Crippen molar-refractivity contribution in [1.82, 2.24) is 15.2 Å². The summed E-state index contributed by atoms with van der Waals surface area (Å²) in [5, 5.41) is 24.1. The van der Waals surface area contributed by atoms with Crippen LogP contribution in [0.15, 0.2) is 42.5 Å². The molecule has 0 bridgehead atoms. The third-order valence-electron chi connectivity index (χ3n) is 3.97. The SMILES string of the molecule is CC(C)Oc1cc(Nc2nc(N[C@@H](C)c3ccc(F)cc3)ccc2[N+](=O)[O-])[nH]n1. The van der Waals surface area contributed by atoms with E-state index in [9.17, 15) is 14.5 Å². The number of H-pyrrole nitrogens is 1. The lowest BCUT2D eigenvalue weighted by Crippen LogP contribution is -2.09. The molecule has 1 atom stereocenters. The molecule has 0 aliphatic heterocycles. The van der Waals surface area contributed by atoms with E-state index in [1.165, 1.54) is 24.3 Å². The fourth-order valence-electron chi connectivity index (χ4n) is 2.62. The Morgan fingerprint density at radius 3 is 2.55 bits per heavy atom. The number of ether oxygens (including phenoxy) is 1. The van der Waals surface area contributed by atoms with Gasteiger partial charge in [0.25, 0.3) is 0 Å². The number of anilines is 3. The second kappa shape index (κ2) is 8.55. The van der Waals surface area contributed by atoms with Crippen LogP contribution in [0, 0.1) is 15.9 Å². The predicted octanol–water partition coefficient (Wildman–Crippen LogP) is 4.56. The molecule has 3 N–H and O–H groups in total. The van der Waals surface area contributed by atoms with E-state index in [2.05, 4.69) is 25.8 Å². The minimum absolute atomic E-state index is 0.0473. The Morgan fingerprint density at radius 1 is 1.17 bits per heavy atom. The van der Waals surface area contributed by atoms with Crippen LogP contribution in [-0.2, 0) is 0 Å². The molecule has 29 heavy (non-hydrogen) atoms. The smallest absolute Gasteiger partial charge is 0.311 e. The number of benzene rings is 1. The molecule has 0 radical (unpaired) electrons. The maximum Gasteiger partial charge on any atom is 0.311 e. The van der Waals surface area contributed by atoms with Crippen LogP contribution in [0.4, 0.5) is 27.5 Å². The van der Waals surface area contributed by atoms with Crippen molar-refractivity contribution < 1.29 is 14.1 Å². The molecule has 0 aliphatic rings. The summed E-state index contributed by atoms with van der Waals surface area (Å²) in [6.45, 7) is 5.62. The van der Waals surface area contributed by atoms with E-state index >= 15 is 0 Å². The van der Waals surface area contributed by atoms with Crippen molar-refractivity contribution in [2.75, 3.05) is 10.6 Å². The minimum atomic E-state index is -0.523. The van der Waals surface area contributed by atoms with E-state index in [1.807, 2.05) is 20.8 Å². The number of nitro groups is 1. The molecule has 0 saturated heterocycles. The van der Waals surface area contributed by atoms with Gasteiger partial charge in [-0.3, -0.25) is 15.2 Å². The number of rotatable bonds is 8. The Kier molecular flexibility index (Phi) is 5.91. The van der Waals surface area contributed by atoms with E-state index < -0.39 is 4.92 Å². The average molecular weight is 400 g/mol. The van der Waals surface area contributed by atoms with E-state index in [0.29, 0.717) is 17.5 Å². The molecule has 0 fully saturated rings. The van der Waals surface area contributed by atoms with Crippen LogP contribution in [0.5, 0.6) is 5.88 Å². The third kappa shape index (κ3) is 5.18. The Bertz CT molecular complexity index is 990. The number of aromatic amines is 1. The fourth-order valence-corrected chi connectivity index (χ4v) is 2.62. The van der Waals surface area contributed by atoms with Gasteiger partial charge in [0.15, 0.2) is 0 Å². The van der Waals surface area contributed by atoms with E-state index in [0.717, 1.165) is 5.56 Å². The number of nitrogens with zero attached hydrogens (tertiary/aromatic N) is 3. The van der Waals surface area contributed by atoms with Gasteiger partial charge in [-0.1, -0.05) is 12.1 Å². The summed E-state index contributed by atoms with van der Waals surface area (Å²) in [5.74, 6) is 0.921. The zero-order valence-electron chi connectivity index (χ0n) is 16.1. The number of hydrogen-bond acceptors (Lipinski definition) is 7. The molecule has 1 aromatic carbocycles. The van der Waals surface area contributed by atoms with Crippen molar-refractivity contribution in [3.8, 4) is 5.88 Å². The first kappa shape index (κ1) is 20.1. The first-order chi connectivity index (χ1) is 13.8. The molecule has 2 heterocycles. The lowest BCUT2D eigenvalue weighted by Gasteiger charge is -2.15. The van der Waals surface area contributed by atoms with Crippen molar-refractivity contribution in [2.45, 2.75) is 32.9 Å². The highest BCUT2D eigenvalue weighted by Gasteiger charge is 2.18. The topological polar surface area (TPSA) is 118 Å².